The van der Waals surface area contributed by atoms with Gasteiger partial charge in [-0.1, -0.05) is 29.3 Å². The number of hydrogen-bond acceptors (Lipinski definition) is 3. The highest BCUT2D eigenvalue weighted by Crippen LogP contribution is 2.26. The minimum atomic E-state index is -2.88. The number of halogens is 2. The van der Waals surface area contributed by atoms with Gasteiger partial charge >= 0.3 is 0 Å². The van der Waals surface area contributed by atoms with E-state index in [-0.39, 0.29) is 17.4 Å². The van der Waals surface area contributed by atoms with Gasteiger partial charge in [-0.15, -0.1) is 0 Å². The maximum absolute atomic E-state index is 11.4. The lowest BCUT2D eigenvalue weighted by atomic mass is 9.97. The molecule has 0 bridgehead atoms. The summed E-state index contributed by atoms with van der Waals surface area (Å²) in [5.41, 5.74) is 0.833. The summed E-state index contributed by atoms with van der Waals surface area (Å²) in [6.45, 7) is 0. The number of benzene rings is 1. The van der Waals surface area contributed by atoms with Crippen molar-refractivity contribution in [2.45, 2.75) is 25.4 Å². The summed E-state index contributed by atoms with van der Waals surface area (Å²) in [5, 5.41) is 11.1. The summed E-state index contributed by atoms with van der Waals surface area (Å²) in [4.78, 5) is 0. The van der Waals surface area contributed by atoms with Gasteiger partial charge in [0.2, 0.25) is 0 Å². The van der Waals surface area contributed by atoms with Crippen LogP contribution in [0.5, 0.6) is 0 Å². The number of aliphatic hydroxyl groups is 1. The molecule has 1 N–H and O–H groups in total. The van der Waals surface area contributed by atoms with E-state index in [9.17, 15) is 13.5 Å². The van der Waals surface area contributed by atoms with Crippen LogP contribution in [-0.4, -0.2) is 31.1 Å². The average Bonchev–Trinajstić information content (AvgIpc) is 2.62. The van der Waals surface area contributed by atoms with Crippen LogP contribution in [0, 0.1) is 5.92 Å². The van der Waals surface area contributed by atoms with Crippen LogP contribution in [0.25, 0.3) is 0 Å². The normalized spacial score (nSPS) is 23.4. The van der Waals surface area contributed by atoms with Crippen LogP contribution in [-0.2, 0) is 16.3 Å². The van der Waals surface area contributed by atoms with E-state index in [1.807, 2.05) is 0 Å². The number of rotatable bonds is 4. The van der Waals surface area contributed by atoms with Crippen molar-refractivity contribution in [3.63, 3.8) is 0 Å². The molecule has 1 aliphatic heterocycles. The average molecular weight is 323 g/mol. The van der Waals surface area contributed by atoms with Crippen LogP contribution in [0.15, 0.2) is 18.2 Å². The van der Waals surface area contributed by atoms with Crippen LogP contribution < -0.4 is 0 Å². The van der Waals surface area contributed by atoms with Gasteiger partial charge in [-0.2, -0.15) is 0 Å². The molecule has 1 aliphatic rings. The standard InChI is InChI=1S/C13H16Cl2O3S/c14-11-2-1-10(13(15)7-11)6-12(16)5-9-3-4-19(17,18)8-9/h1-2,7,9,12,16H,3-6,8H2. The quantitative estimate of drug-likeness (QED) is 0.927. The highest BCUT2D eigenvalue weighted by Gasteiger charge is 2.29. The molecule has 0 saturated carbocycles. The number of hydrogen-bond donors (Lipinski definition) is 1. The first-order valence-corrected chi connectivity index (χ1v) is 8.76. The van der Waals surface area contributed by atoms with E-state index < -0.39 is 15.9 Å². The van der Waals surface area contributed by atoms with Gasteiger partial charge in [-0.25, -0.2) is 8.42 Å². The maximum Gasteiger partial charge on any atom is 0.150 e. The van der Waals surface area contributed by atoms with Crippen molar-refractivity contribution in [2.75, 3.05) is 11.5 Å². The highest BCUT2D eigenvalue weighted by atomic mass is 35.5. The first kappa shape index (κ1) is 15.1. The third-order valence-corrected chi connectivity index (χ3v) is 5.83. The Labute approximate surface area is 123 Å². The SMILES string of the molecule is O=S1(=O)CCC(CC(O)Cc2ccc(Cl)cc2Cl)C1. The van der Waals surface area contributed by atoms with Gasteiger partial charge in [0.05, 0.1) is 17.6 Å². The van der Waals surface area contributed by atoms with Crippen LogP contribution >= 0.6 is 23.2 Å². The summed E-state index contributed by atoms with van der Waals surface area (Å²) in [6, 6.07) is 5.17. The van der Waals surface area contributed by atoms with Gasteiger partial charge in [0.25, 0.3) is 0 Å². The molecule has 1 aromatic rings. The Morgan fingerprint density at radius 2 is 2.11 bits per heavy atom. The van der Waals surface area contributed by atoms with Gasteiger partial charge in [-0.05, 0) is 42.9 Å². The molecule has 106 valence electrons. The van der Waals surface area contributed by atoms with Crippen molar-refractivity contribution in [1.29, 1.82) is 0 Å². The highest BCUT2D eigenvalue weighted by molar-refractivity contribution is 7.91. The molecule has 0 amide bonds. The predicted octanol–water partition coefficient (Wildman–Crippen LogP) is 2.72. The largest absolute Gasteiger partial charge is 0.393 e. The topological polar surface area (TPSA) is 54.4 Å². The van der Waals surface area contributed by atoms with Crippen molar-refractivity contribution in [2.24, 2.45) is 5.92 Å². The molecule has 2 atom stereocenters. The molecular formula is C13H16Cl2O3S. The Hall–Kier alpha value is -0.290. The molecule has 0 spiro atoms. The smallest absolute Gasteiger partial charge is 0.150 e. The Kier molecular flexibility index (Phi) is 4.77. The van der Waals surface area contributed by atoms with Crippen LogP contribution in [0.3, 0.4) is 0 Å². The minimum absolute atomic E-state index is 0.0612. The van der Waals surface area contributed by atoms with E-state index in [0.717, 1.165) is 5.56 Å². The zero-order valence-corrected chi connectivity index (χ0v) is 12.7. The second-order valence-corrected chi connectivity index (χ2v) is 8.17. The molecule has 2 unspecified atom stereocenters. The molecule has 0 aliphatic carbocycles. The van der Waals surface area contributed by atoms with E-state index in [1.54, 1.807) is 18.2 Å². The molecular weight excluding hydrogens is 307 g/mol. The van der Waals surface area contributed by atoms with Crippen molar-refractivity contribution in [1.82, 2.24) is 0 Å². The molecule has 1 fully saturated rings. The zero-order valence-electron chi connectivity index (χ0n) is 10.4. The molecule has 6 heteroatoms. The lowest BCUT2D eigenvalue weighted by Crippen LogP contribution is -2.17. The summed E-state index contributed by atoms with van der Waals surface area (Å²) in [6.07, 6.45) is 0.996. The van der Waals surface area contributed by atoms with E-state index in [2.05, 4.69) is 0 Å². The number of aliphatic hydroxyl groups excluding tert-OH is 1. The van der Waals surface area contributed by atoms with Crippen LogP contribution in [0.1, 0.15) is 18.4 Å². The van der Waals surface area contributed by atoms with Gasteiger partial charge in [0, 0.05) is 10.0 Å². The second-order valence-electron chi connectivity index (χ2n) is 5.10. The Balaban J connectivity index is 1.93. The van der Waals surface area contributed by atoms with E-state index in [1.165, 1.54) is 0 Å². The molecule has 3 nitrogen and oxygen atoms in total. The lowest BCUT2D eigenvalue weighted by molar-refractivity contribution is 0.147. The zero-order chi connectivity index (χ0) is 14.0. The molecule has 1 heterocycles. The van der Waals surface area contributed by atoms with Crippen LogP contribution in [0.2, 0.25) is 10.0 Å². The van der Waals surface area contributed by atoms with Crippen LogP contribution in [0.4, 0.5) is 0 Å². The summed E-state index contributed by atoms with van der Waals surface area (Å²) >= 11 is 11.9. The second kappa shape index (κ2) is 6.00. The summed E-state index contributed by atoms with van der Waals surface area (Å²) < 4.78 is 22.7. The molecule has 1 aromatic carbocycles. The fourth-order valence-electron chi connectivity index (χ4n) is 2.47. The lowest BCUT2D eigenvalue weighted by Gasteiger charge is -2.15. The first-order valence-electron chi connectivity index (χ1n) is 6.18. The minimum Gasteiger partial charge on any atom is -0.393 e. The Morgan fingerprint density at radius 3 is 2.68 bits per heavy atom. The van der Waals surface area contributed by atoms with Gasteiger partial charge < -0.3 is 5.11 Å². The fraction of sp³-hybridized carbons (Fsp3) is 0.538. The molecule has 2 rings (SSSR count). The maximum atomic E-state index is 11.4. The third-order valence-electron chi connectivity index (χ3n) is 3.40. The van der Waals surface area contributed by atoms with Crippen molar-refractivity contribution in [3.05, 3.63) is 33.8 Å². The third kappa shape index (κ3) is 4.35. The van der Waals surface area contributed by atoms with Crippen molar-refractivity contribution < 1.29 is 13.5 Å². The molecule has 19 heavy (non-hydrogen) atoms. The van der Waals surface area contributed by atoms with E-state index >= 15 is 0 Å². The van der Waals surface area contributed by atoms with Crippen molar-refractivity contribution in [3.8, 4) is 0 Å². The monoisotopic (exact) mass is 322 g/mol. The first-order chi connectivity index (χ1) is 8.85. The van der Waals surface area contributed by atoms with Crippen molar-refractivity contribution >= 4 is 33.0 Å². The van der Waals surface area contributed by atoms with Gasteiger partial charge in [-0.3, -0.25) is 0 Å². The van der Waals surface area contributed by atoms with E-state index in [4.69, 9.17) is 23.2 Å². The summed E-state index contributed by atoms with van der Waals surface area (Å²) in [5.74, 6) is 0.496. The molecule has 0 aromatic heterocycles. The Morgan fingerprint density at radius 1 is 1.37 bits per heavy atom. The number of sulfone groups is 1. The predicted molar refractivity (Wildman–Crippen MR) is 77.6 cm³/mol. The van der Waals surface area contributed by atoms with Gasteiger partial charge in [0.15, 0.2) is 9.84 Å². The van der Waals surface area contributed by atoms with Gasteiger partial charge in [0.1, 0.15) is 0 Å². The molecule has 1 saturated heterocycles. The molecule has 0 radical (unpaired) electrons. The summed E-state index contributed by atoms with van der Waals surface area (Å²) in [7, 11) is -2.88. The Bertz CT molecular complexity index is 557. The van der Waals surface area contributed by atoms with E-state index in [0.29, 0.717) is 29.3 Å². The fourth-order valence-corrected chi connectivity index (χ4v) is 4.83.